The van der Waals surface area contributed by atoms with E-state index in [0.717, 1.165) is 19.3 Å². The molecular weight excluding hydrogens is 186 g/mol. The van der Waals surface area contributed by atoms with Crippen molar-refractivity contribution in [3.63, 3.8) is 0 Å². The van der Waals surface area contributed by atoms with E-state index < -0.39 is 5.92 Å². The van der Waals surface area contributed by atoms with E-state index in [-0.39, 0.29) is 24.9 Å². The molecule has 0 amide bonds. The van der Waals surface area contributed by atoms with Crippen LogP contribution in [0.2, 0.25) is 0 Å². The second kappa shape index (κ2) is 3.44. The summed E-state index contributed by atoms with van der Waals surface area (Å²) in [6, 6.07) is 0. The summed E-state index contributed by atoms with van der Waals surface area (Å²) in [5, 5.41) is 9.33. The highest BCUT2D eigenvalue weighted by Crippen LogP contribution is 2.53. The Kier molecular flexibility index (Phi) is 2.54. The van der Waals surface area contributed by atoms with Crippen molar-refractivity contribution in [2.24, 2.45) is 11.3 Å². The first-order valence-corrected chi connectivity index (χ1v) is 5.57. The molecule has 0 heterocycles. The van der Waals surface area contributed by atoms with Crippen molar-refractivity contribution in [2.45, 2.75) is 50.9 Å². The molecule has 1 N–H and O–H groups in total. The first kappa shape index (κ1) is 10.3. The lowest BCUT2D eigenvalue weighted by Gasteiger charge is -2.49. The minimum Gasteiger partial charge on any atom is -0.396 e. The Labute approximate surface area is 83.5 Å². The number of aliphatic hydroxyl groups excluding tert-OH is 1. The minimum absolute atomic E-state index is 0.0243. The highest BCUT2D eigenvalue weighted by atomic mass is 19.3. The summed E-state index contributed by atoms with van der Waals surface area (Å²) >= 11 is 0. The number of aliphatic hydroxyl groups is 1. The Morgan fingerprint density at radius 2 is 1.64 bits per heavy atom. The van der Waals surface area contributed by atoms with Crippen molar-refractivity contribution in [1.82, 2.24) is 0 Å². The molecule has 2 fully saturated rings. The van der Waals surface area contributed by atoms with Crippen LogP contribution in [-0.4, -0.2) is 17.6 Å². The fraction of sp³-hybridized carbons (Fsp3) is 1.00. The van der Waals surface area contributed by atoms with E-state index in [1.165, 1.54) is 0 Å². The van der Waals surface area contributed by atoms with Gasteiger partial charge in [0.1, 0.15) is 0 Å². The molecule has 0 bridgehead atoms. The Hall–Kier alpha value is -0.180. The molecule has 2 aliphatic carbocycles. The zero-order valence-corrected chi connectivity index (χ0v) is 8.44. The third-order valence-corrected chi connectivity index (χ3v) is 4.25. The molecule has 0 atom stereocenters. The highest BCUT2D eigenvalue weighted by molar-refractivity contribution is 4.95. The molecule has 0 radical (unpaired) electrons. The second-order valence-electron chi connectivity index (χ2n) is 5.00. The average Bonchev–Trinajstić information content (AvgIpc) is 2.06. The molecule has 0 saturated heterocycles. The molecule has 0 spiro atoms. The topological polar surface area (TPSA) is 20.2 Å². The largest absolute Gasteiger partial charge is 0.396 e. The fourth-order valence-corrected chi connectivity index (χ4v) is 2.98. The van der Waals surface area contributed by atoms with Gasteiger partial charge in [-0.3, -0.25) is 0 Å². The summed E-state index contributed by atoms with van der Waals surface area (Å²) in [6.07, 6.45) is 4.51. The first-order valence-electron chi connectivity index (χ1n) is 5.57. The van der Waals surface area contributed by atoms with E-state index in [1.807, 2.05) is 0 Å². The molecule has 2 saturated carbocycles. The summed E-state index contributed by atoms with van der Waals surface area (Å²) in [5.41, 5.74) is 0.0243. The standard InChI is InChI=1S/C11H18F2O/c12-11(13)6-2-9(3-7-11)10(8-14)4-1-5-10/h9,14H,1-8H2. The van der Waals surface area contributed by atoms with Gasteiger partial charge >= 0.3 is 0 Å². The van der Waals surface area contributed by atoms with Gasteiger partial charge in [0.05, 0.1) is 0 Å². The third kappa shape index (κ3) is 1.67. The number of rotatable bonds is 2. The highest BCUT2D eigenvalue weighted by Gasteiger charge is 2.47. The normalized spacial score (nSPS) is 31.1. The maximum Gasteiger partial charge on any atom is 0.248 e. The van der Waals surface area contributed by atoms with Crippen molar-refractivity contribution < 1.29 is 13.9 Å². The predicted molar refractivity (Wildman–Crippen MR) is 50.3 cm³/mol. The van der Waals surface area contributed by atoms with E-state index in [0.29, 0.717) is 18.8 Å². The number of hydrogen-bond acceptors (Lipinski definition) is 1. The SMILES string of the molecule is OCC1(C2CCC(F)(F)CC2)CCC1. The van der Waals surface area contributed by atoms with Gasteiger partial charge in [0.15, 0.2) is 0 Å². The Morgan fingerprint density at radius 1 is 1.07 bits per heavy atom. The molecule has 82 valence electrons. The van der Waals surface area contributed by atoms with Crippen molar-refractivity contribution in [3.8, 4) is 0 Å². The minimum atomic E-state index is -2.43. The number of hydrogen-bond donors (Lipinski definition) is 1. The van der Waals surface area contributed by atoms with Gasteiger partial charge in [-0.1, -0.05) is 6.42 Å². The Balaban J connectivity index is 1.94. The van der Waals surface area contributed by atoms with E-state index >= 15 is 0 Å². The fourth-order valence-electron chi connectivity index (χ4n) is 2.98. The van der Waals surface area contributed by atoms with Crippen molar-refractivity contribution in [1.29, 1.82) is 0 Å². The van der Waals surface area contributed by atoms with Gasteiger partial charge in [-0.2, -0.15) is 0 Å². The summed E-state index contributed by atoms with van der Waals surface area (Å²) in [4.78, 5) is 0. The van der Waals surface area contributed by atoms with Crippen LogP contribution in [0, 0.1) is 11.3 Å². The third-order valence-electron chi connectivity index (χ3n) is 4.25. The monoisotopic (exact) mass is 204 g/mol. The Morgan fingerprint density at radius 3 is 2.00 bits per heavy atom. The molecule has 0 aliphatic heterocycles. The lowest BCUT2D eigenvalue weighted by molar-refractivity contribution is -0.0932. The summed E-state index contributed by atoms with van der Waals surface area (Å²) < 4.78 is 25.9. The molecule has 2 rings (SSSR count). The van der Waals surface area contributed by atoms with Crippen LogP contribution in [0.5, 0.6) is 0 Å². The van der Waals surface area contributed by atoms with Crippen molar-refractivity contribution >= 4 is 0 Å². The van der Waals surface area contributed by atoms with Gasteiger partial charge in [0, 0.05) is 19.4 Å². The van der Waals surface area contributed by atoms with Crippen molar-refractivity contribution in [2.75, 3.05) is 6.61 Å². The predicted octanol–water partition coefficient (Wildman–Crippen LogP) is 2.97. The zero-order chi connectivity index (χ0) is 10.2. The molecule has 0 unspecified atom stereocenters. The lowest BCUT2D eigenvalue weighted by Crippen LogP contribution is -2.43. The Bertz CT molecular complexity index is 196. The van der Waals surface area contributed by atoms with Crippen molar-refractivity contribution in [3.05, 3.63) is 0 Å². The summed E-state index contributed by atoms with van der Waals surface area (Å²) in [6.45, 7) is 0.198. The van der Waals surface area contributed by atoms with Gasteiger partial charge in [0.25, 0.3) is 0 Å². The van der Waals surface area contributed by atoms with Crippen LogP contribution in [0.3, 0.4) is 0 Å². The molecule has 0 aromatic rings. The molecular formula is C11H18F2O. The summed E-state index contributed by atoms with van der Waals surface area (Å²) in [7, 11) is 0. The van der Waals surface area contributed by atoms with Crippen LogP contribution in [0.1, 0.15) is 44.9 Å². The zero-order valence-electron chi connectivity index (χ0n) is 8.44. The van der Waals surface area contributed by atoms with Crippen LogP contribution in [-0.2, 0) is 0 Å². The van der Waals surface area contributed by atoms with E-state index in [2.05, 4.69) is 0 Å². The average molecular weight is 204 g/mol. The van der Waals surface area contributed by atoms with Gasteiger partial charge in [-0.05, 0) is 37.0 Å². The van der Waals surface area contributed by atoms with E-state index in [1.54, 1.807) is 0 Å². The second-order valence-corrected chi connectivity index (χ2v) is 5.00. The lowest BCUT2D eigenvalue weighted by atomic mass is 9.58. The van der Waals surface area contributed by atoms with E-state index in [9.17, 15) is 13.9 Å². The van der Waals surface area contributed by atoms with Crippen LogP contribution < -0.4 is 0 Å². The molecule has 1 nitrogen and oxygen atoms in total. The van der Waals surface area contributed by atoms with Crippen LogP contribution >= 0.6 is 0 Å². The quantitative estimate of drug-likeness (QED) is 0.733. The number of alkyl halides is 2. The molecule has 3 heteroatoms. The maximum atomic E-state index is 12.9. The van der Waals surface area contributed by atoms with Crippen LogP contribution in [0.15, 0.2) is 0 Å². The molecule has 0 aromatic heterocycles. The molecule has 0 aromatic carbocycles. The smallest absolute Gasteiger partial charge is 0.248 e. The molecule has 14 heavy (non-hydrogen) atoms. The van der Waals surface area contributed by atoms with Gasteiger partial charge < -0.3 is 5.11 Å². The molecule has 2 aliphatic rings. The first-order chi connectivity index (χ1) is 6.58. The van der Waals surface area contributed by atoms with Gasteiger partial charge in [0.2, 0.25) is 5.92 Å². The van der Waals surface area contributed by atoms with E-state index in [4.69, 9.17) is 0 Å². The number of halogens is 2. The van der Waals surface area contributed by atoms with Crippen LogP contribution in [0.4, 0.5) is 8.78 Å². The summed E-state index contributed by atoms with van der Waals surface area (Å²) in [5.74, 6) is -2.09. The van der Waals surface area contributed by atoms with Gasteiger partial charge in [-0.25, -0.2) is 8.78 Å². The van der Waals surface area contributed by atoms with Crippen LogP contribution in [0.25, 0.3) is 0 Å². The maximum absolute atomic E-state index is 12.9. The van der Waals surface area contributed by atoms with Gasteiger partial charge in [-0.15, -0.1) is 0 Å².